The van der Waals surface area contributed by atoms with Crippen LogP contribution in [0.25, 0.3) is 10.6 Å². The SMILES string of the molecule is Cc1ccc(-c2csc(NC(=O)c3ccc[n+]([O-])c3)n2)s1. The molecule has 5 nitrogen and oxygen atoms in total. The number of hydrogen-bond acceptors (Lipinski definition) is 5. The number of hydrogen-bond donors (Lipinski definition) is 1. The van der Waals surface area contributed by atoms with E-state index in [2.05, 4.69) is 10.3 Å². The lowest BCUT2D eigenvalue weighted by Crippen LogP contribution is -2.27. The fourth-order valence-corrected chi connectivity index (χ4v) is 3.38. The summed E-state index contributed by atoms with van der Waals surface area (Å²) in [5, 5.41) is 16.3. The summed E-state index contributed by atoms with van der Waals surface area (Å²) in [6.45, 7) is 2.04. The van der Waals surface area contributed by atoms with Gasteiger partial charge >= 0.3 is 0 Å². The predicted octanol–water partition coefficient (Wildman–Crippen LogP) is 3.07. The van der Waals surface area contributed by atoms with E-state index in [-0.39, 0.29) is 5.91 Å². The van der Waals surface area contributed by atoms with Crippen LogP contribution < -0.4 is 10.0 Å². The number of anilines is 1. The molecule has 0 aliphatic rings. The zero-order valence-corrected chi connectivity index (χ0v) is 12.7. The molecule has 0 aliphatic carbocycles. The Morgan fingerprint density at radius 1 is 1.38 bits per heavy atom. The van der Waals surface area contributed by atoms with E-state index < -0.39 is 0 Å². The van der Waals surface area contributed by atoms with Crippen LogP contribution in [-0.2, 0) is 0 Å². The van der Waals surface area contributed by atoms with E-state index in [1.54, 1.807) is 17.4 Å². The number of aromatic nitrogens is 2. The molecule has 3 aromatic heterocycles. The zero-order chi connectivity index (χ0) is 14.8. The normalized spacial score (nSPS) is 10.5. The molecular formula is C14H11N3O2S2. The molecule has 3 rings (SSSR count). The van der Waals surface area contributed by atoms with Gasteiger partial charge in [-0.15, -0.1) is 22.7 Å². The Morgan fingerprint density at radius 3 is 2.95 bits per heavy atom. The summed E-state index contributed by atoms with van der Waals surface area (Å²) in [5.74, 6) is -0.344. The zero-order valence-electron chi connectivity index (χ0n) is 11.1. The molecule has 7 heteroatoms. The fraction of sp³-hybridized carbons (Fsp3) is 0.0714. The van der Waals surface area contributed by atoms with Gasteiger partial charge < -0.3 is 5.21 Å². The van der Waals surface area contributed by atoms with Crippen molar-refractivity contribution in [3.8, 4) is 10.6 Å². The van der Waals surface area contributed by atoms with Crippen LogP contribution in [0.3, 0.4) is 0 Å². The number of pyridine rings is 1. The summed E-state index contributed by atoms with van der Waals surface area (Å²) in [6, 6.07) is 7.16. The van der Waals surface area contributed by atoms with Crippen LogP contribution in [0.2, 0.25) is 0 Å². The Balaban J connectivity index is 1.77. The molecule has 0 aliphatic heterocycles. The van der Waals surface area contributed by atoms with Crippen LogP contribution in [0, 0.1) is 12.1 Å². The van der Waals surface area contributed by atoms with Crippen molar-refractivity contribution in [1.82, 2.24) is 4.98 Å². The van der Waals surface area contributed by atoms with Gasteiger partial charge in [0, 0.05) is 16.3 Å². The first-order valence-corrected chi connectivity index (χ1v) is 7.84. The first-order valence-electron chi connectivity index (χ1n) is 6.14. The van der Waals surface area contributed by atoms with Crippen molar-refractivity contribution in [1.29, 1.82) is 0 Å². The molecule has 0 atom stereocenters. The molecule has 0 radical (unpaired) electrons. The van der Waals surface area contributed by atoms with Crippen LogP contribution in [0.5, 0.6) is 0 Å². The smallest absolute Gasteiger partial charge is 0.263 e. The highest BCUT2D eigenvalue weighted by molar-refractivity contribution is 7.17. The van der Waals surface area contributed by atoms with Gasteiger partial charge in [0.2, 0.25) is 0 Å². The average Bonchev–Trinajstić information content (AvgIpc) is 3.07. The van der Waals surface area contributed by atoms with Crippen LogP contribution in [0.15, 0.2) is 42.0 Å². The van der Waals surface area contributed by atoms with Gasteiger partial charge in [0.25, 0.3) is 5.91 Å². The van der Waals surface area contributed by atoms with Crippen molar-refractivity contribution in [3.63, 3.8) is 0 Å². The molecule has 0 saturated carbocycles. The van der Waals surface area contributed by atoms with E-state index in [0.717, 1.165) is 10.6 Å². The summed E-state index contributed by atoms with van der Waals surface area (Å²) < 4.78 is 0.594. The summed E-state index contributed by atoms with van der Waals surface area (Å²) in [4.78, 5) is 18.7. The second kappa shape index (κ2) is 5.63. The lowest BCUT2D eigenvalue weighted by molar-refractivity contribution is -0.605. The molecule has 1 amide bonds. The van der Waals surface area contributed by atoms with Crippen LogP contribution in [-0.4, -0.2) is 10.9 Å². The third kappa shape index (κ3) is 3.09. The van der Waals surface area contributed by atoms with Crippen LogP contribution in [0.1, 0.15) is 15.2 Å². The van der Waals surface area contributed by atoms with Crippen molar-refractivity contribution >= 4 is 33.7 Å². The number of carbonyl (C=O) groups is 1. The minimum atomic E-state index is -0.344. The van der Waals surface area contributed by atoms with Gasteiger partial charge in [-0.25, -0.2) is 4.98 Å². The van der Waals surface area contributed by atoms with Gasteiger partial charge in [-0.3, -0.25) is 10.1 Å². The van der Waals surface area contributed by atoms with Crippen molar-refractivity contribution in [2.75, 3.05) is 5.32 Å². The second-order valence-electron chi connectivity index (χ2n) is 4.35. The number of aryl methyl sites for hydroxylation is 1. The minimum absolute atomic E-state index is 0.302. The van der Waals surface area contributed by atoms with E-state index >= 15 is 0 Å². The molecule has 0 bridgehead atoms. The third-order valence-electron chi connectivity index (χ3n) is 2.75. The highest BCUT2D eigenvalue weighted by Crippen LogP contribution is 2.30. The summed E-state index contributed by atoms with van der Waals surface area (Å²) in [5.41, 5.74) is 1.15. The van der Waals surface area contributed by atoms with E-state index in [1.165, 1.54) is 34.7 Å². The Bertz CT molecular complexity index is 795. The lowest BCUT2D eigenvalue weighted by atomic mass is 10.3. The maximum absolute atomic E-state index is 12.0. The highest BCUT2D eigenvalue weighted by Gasteiger charge is 2.12. The molecule has 0 saturated heterocycles. The number of nitrogens with one attached hydrogen (secondary N) is 1. The maximum atomic E-state index is 12.0. The number of rotatable bonds is 3. The van der Waals surface area contributed by atoms with Crippen molar-refractivity contribution in [2.24, 2.45) is 0 Å². The molecule has 3 heterocycles. The highest BCUT2D eigenvalue weighted by atomic mass is 32.1. The monoisotopic (exact) mass is 317 g/mol. The third-order valence-corrected chi connectivity index (χ3v) is 4.54. The number of carbonyl (C=O) groups excluding carboxylic acids is 1. The number of amides is 1. The first kappa shape index (κ1) is 13.7. The minimum Gasteiger partial charge on any atom is -0.619 e. The van der Waals surface area contributed by atoms with Gasteiger partial charge in [-0.2, -0.15) is 4.73 Å². The predicted molar refractivity (Wildman–Crippen MR) is 83.5 cm³/mol. The van der Waals surface area contributed by atoms with Crippen LogP contribution >= 0.6 is 22.7 Å². The number of thiazole rings is 1. The Labute approximate surface area is 129 Å². The Kier molecular flexibility index (Phi) is 3.68. The quantitative estimate of drug-likeness (QED) is 0.596. The Morgan fingerprint density at radius 2 is 2.24 bits per heavy atom. The fourth-order valence-electron chi connectivity index (χ4n) is 1.77. The van der Waals surface area contributed by atoms with Crippen LogP contribution in [0.4, 0.5) is 5.13 Å². The van der Waals surface area contributed by atoms with Gasteiger partial charge in [-0.1, -0.05) is 0 Å². The molecule has 0 spiro atoms. The molecule has 1 N–H and O–H groups in total. The molecule has 3 aromatic rings. The van der Waals surface area contributed by atoms with E-state index in [4.69, 9.17) is 0 Å². The molecule has 0 fully saturated rings. The van der Waals surface area contributed by atoms with Gasteiger partial charge in [0.15, 0.2) is 17.5 Å². The average molecular weight is 317 g/mol. The van der Waals surface area contributed by atoms with Gasteiger partial charge in [-0.05, 0) is 25.1 Å². The molecule has 0 aromatic carbocycles. The van der Waals surface area contributed by atoms with E-state index in [0.29, 0.717) is 15.4 Å². The topological polar surface area (TPSA) is 68.9 Å². The molecule has 0 unspecified atom stereocenters. The summed E-state index contributed by atoms with van der Waals surface area (Å²) >= 11 is 3.02. The standard InChI is InChI=1S/C14H11N3O2S2/c1-9-4-5-12(21-9)11-8-20-14(15-11)16-13(18)10-3-2-6-17(19)7-10/h2-8H,1H3,(H,15,16,18). The lowest BCUT2D eigenvalue weighted by Gasteiger charge is -2.01. The maximum Gasteiger partial charge on any atom is 0.263 e. The van der Waals surface area contributed by atoms with Crippen molar-refractivity contribution < 1.29 is 9.52 Å². The first-order chi connectivity index (χ1) is 10.1. The summed E-state index contributed by atoms with van der Waals surface area (Å²) in [7, 11) is 0. The number of nitrogens with zero attached hydrogens (tertiary/aromatic N) is 2. The number of thiophene rings is 1. The molecule has 21 heavy (non-hydrogen) atoms. The second-order valence-corrected chi connectivity index (χ2v) is 6.50. The van der Waals surface area contributed by atoms with E-state index in [1.807, 2.05) is 24.4 Å². The molecular weight excluding hydrogens is 306 g/mol. The van der Waals surface area contributed by atoms with E-state index in [9.17, 15) is 10.0 Å². The largest absolute Gasteiger partial charge is 0.619 e. The summed E-state index contributed by atoms with van der Waals surface area (Å²) in [6.07, 6.45) is 2.56. The Hall–Kier alpha value is -2.25. The molecule has 106 valence electrons. The van der Waals surface area contributed by atoms with Gasteiger partial charge in [0.05, 0.1) is 10.6 Å². The van der Waals surface area contributed by atoms with Gasteiger partial charge in [0.1, 0.15) is 5.56 Å². The van der Waals surface area contributed by atoms with Crippen molar-refractivity contribution in [2.45, 2.75) is 6.92 Å². The van der Waals surface area contributed by atoms with Crippen molar-refractivity contribution in [3.05, 3.63) is 57.7 Å².